The van der Waals surface area contributed by atoms with Gasteiger partial charge < -0.3 is 43.4 Å². The van der Waals surface area contributed by atoms with Crippen molar-refractivity contribution in [3.63, 3.8) is 0 Å². The maximum Gasteiger partial charge on any atom is 0.326 e. The van der Waals surface area contributed by atoms with Gasteiger partial charge in [-0.05, 0) is 37.2 Å². The van der Waals surface area contributed by atoms with Gasteiger partial charge in [-0.1, -0.05) is 44.2 Å². The standard InChI is InChI=1S/C26H41N7O7/c1-15(2)13-19(23(37)31-18(25(39)40)10-11-21(34)35)33-24(38)20(14-16-7-4-3-5-8-16)32-22(36)17(27)9-6-12-30-26(28)29/h3-5,7-8,15,17-20H,6,9-14,27H2,1-2H3,(H,31,37)(H,32,36)(H,33,38)(H,34,35)(H,39,40)(H4,28,29,30). The number of benzene rings is 1. The van der Waals surface area contributed by atoms with E-state index in [1.807, 2.05) is 13.8 Å². The first-order valence-corrected chi connectivity index (χ1v) is 13.0. The highest BCUT2D eigenvalue weighted by Crippen LogP contribution is 2.10. The molecule has 0 aliphatic heterocycles. The lowest BCUT2D eigenvalue weighted by Crippen LogP contribution is -2.57. The van der Waals surface area contributed by atoms with Crippen molar-refractivity contribution in [1.82, 2.24) is 16.0 Å². The minimum atomic E-state index is -1.45. The molecule has 222 valence electrons. The number of aliphatic carboxylic acids is 2. The summed E-state index contributed by atoms with van der Waals surface area (Å²) in [5.41, 5.74) is 17.3. The van der Waals surface area contributed by atoms with Crippen LogP contribution in [0.25, 0.3) is 0 Å². The van der Waals surface area contributed by atoms with Gasteiger partial charge in [0.15, 0.2) is 5.96 Å². The van der Waals surface area contributed by atoms with Crippen molar-refractivity contribution in [2.45, 2.75) is 76.5 Å². The molecule has 3 amide bonds. The fraction of sp³-hybridized carbons (Fsp3) is 0.538. The van der Waals surface area contributed by atoms with E-state index in [9.17, 15) is 29.1 Å². The van der Waals surface area contributed by atoms with Gasteiger partial charge in [0.2, 0.25) is 17.7 Å². The molecule has 0 saturated heterocycles. The van der Waals surface area contributed by atoms with Crippen LogP contribution in [0, 0.1) is 5.92 Å². The molecule has 0 saturated carbocycles. The van der Waals surface area contributed by atoms with Gasteiger partial charge >= 0.3 is 11.9 Å². The summed E-state index contributed by atoms with van der Waals surface area (Å²) in [5.74, 6) is -4.77. The lowest BCUT2D eigenvalue weighted by molar-refractivity contribution is -0.143. The van der Waals surface area contributed by atoms with Crippen molar-refractivity contribution in [1.29, 1.82) is 0 Å². The van der Waals surface area contributed by atoms with Gasteiger partial charge in [0.05, 0.1) is 6.04 Å². The van der Waals surface area contributed by atoms with E-state index < -0.39 is 60.2 Å². The van der Waals surface area contributed by atoms with Crippen LogP contribution in [0.5, 0.6) is 0 Å². The van der Waals surface area contributed by atoms with E-state index in [2.05, 4.69) is 20.9 Å². The summed E-state index contributed by atoms with van der Waals surface area (Å²) < 4.78 is 0. The Labute approximate surface area is 233 Å². The molecule has 0 aliphatic carbocycles. The quantitative estimate of drug-likeness (QED) is 0.0618. The largest absolute Gasteiger partial charge is 0.481 e. The van der Waals surface area contributed by atoms with Crippen LogP contribution >= 0.6 is 0 Å². The van der Waals surface area contributed by atoms with E-state index in [1.165, 1.54) is 0 Å². The number of nitrogens with one attached hydrogen (secondary N) is 3. The highest BCUT2D eigenvalue weighted by Gasteiger charge is 2.31. The Morgan fingerprint density at radius 3 is 1.98 bits per heavy atom. The zero-order valence-electron chi connectivity index (χ0n) is 22.8. The van der Waals surface area contributed by atoms with Crippen LogP contribution in [0.2, 0.25) is 0 Å². The van der Waals surface area contributed by atoms with Gasteiger partial charge in [0, 0.05) is 19.4 Å². The fourth-order valence-corrected chi connectivity index (χ4v) is 3.76. The summed E-state index contributed by atoms with van der Waals surface area (Å²) in [6.45, 7) is 3.92. The van der Waals surface area contributed by atoms with Crippen molar-refractivity contribution >= 4 is 35.6 Å². The molecular weight excluding hydrogens is 522 g/mol. The number of hydrogen-bond donors (Lipinski definition) is 8. The number of rotatable bonds is 18. The average Bonchev–Trinajstić information content (AvgIpc) is 2.87. The van der Waals surface area contributed by atoms with Crippen LogP contribution in [0.3, 0.4) is 0 Å². The van der Waals surface area contributed by atoms with Gasteiger partial charge in [0.25, 0.3) is 0 Å². The summed E-state index contributed by atoms with van der Waals surface area (Å²) in [7, 11) is 0. The molecule has 0 aromatic heterocycles. The minimum Gasteiger partial charge on any atom is -0.481 e. The molecule has 11 N–H and O–H groups in total. The molecule has 0 spiro atoms. The van der Waals surface area contributed by atoms with Crippen molar-refractivity contribution < 1.29 is 34.2 Å². The molecular formula is C26H41N7O7. The van der Waals surface area contributed by atoms with Gasteiger partial charge in [-0.25, -0.2) is 4.79 Å². The number of carbonyl (C=O) groups excluding carboxylic acids is 3. The highest BCUT2D eigenvalue weighted by atomic mass is 16.4. The minimum absolute atomic E-state index is 0.0702. The first kappa shape index (κ1) is 33.8. The van der Waals surface area contributed by atoms with E-state index in [4.69, 9.17) is 22.3 Å². The lowest BCUT2D eigenvalue weighted by Gasteiger charge is -2.26. The zero-order valence-corrected chi connectivity index (χ0v) is 22.8. The molecule has 0 bridgehead atoms. The second kappa shape index (κ2) is 17.4. The number of carboxylic acids is 2. The fourth-order valence-electron chi connectivity index (χ4n) is 3.76. The number of amides is 3. The maximum atomic E-state index is 13.4. The molecule has 0 aliphatic rings. The van der Waals surface area contributed by atoms with Crippen molar-refractivity contribution in [3.05, 3.63) is 35.9 Å². The van der Waals surface area contributed by atoms with Crippen molar-refractivity contribution in [3.8, 4) is 0 Å². The SMILES string of the molecule is CC(C)CC(NC(=O)C(Cc1ccccc1)NC(=O)C(N)CCCN=C(N)N)C(=O)NC(CCC(=O)O)C(=O)O. The van der Waals surface area contributed by atoms with Crippen LogP contribution in [0.1, 0.15) is 51.5 Å². The normalized spacial score (nSPS) is 13.8. The summed E-state index contributed by atoms with van der Waals surface area (Å²) in [4.78, 5) is 65.5. The Hall–Kier alpha value is -4.20. The molecule has 0 heterocycles. The maximum absolute atomic E-state index is 13.4. The Morgan fingerprint density at radius 1 is 0.850 bits per heavy atom. The van der Waals surface area contributed by atoms with Crippen LogP contribution in [0.4, 0.5) is 0 Å². The summed E-state index contributed by atoms with van der Waals surface area (Å²) in [5, 5.41) is 25.9. The average molecular weight is 564 g/mol. The zero-order chi connectivity index (χ0) is 30.2. The third-order valence-corrected chi connectivity index (χ3v) is 5.82. The first-order valence-electron chi connectivity index (χ1n) is 13.0. The van der Waals surface area contributed by atoms with Gasteiger partial charge in [-0.2, -0.15) is 0 Å². The Kier molecular flexibility index (Phi) is 14.7. The molecule has 0 radical (unpaired) electrons. The van der Waals surface area contributed by atoms with E-state index in [0.717, 1.165) is 5.56 Å². The molecule has 40 heavy (non-hydrogen) atoms. The third kappa shape index (κ3) is 13.6. The number of nitrogens with zero attached hydrogens (tertiary/aromatic N) is 1. The van der Waals surface area contributed by atoms with Gasteiger partial charge in [-0.3, -0.25) is 24.2 Å². The first-order chi connectivity index (χ1) is 18.8. The Bertz CT molecular complexity index is 1030. The topological polar surface area (TPSA) is 252 Å². The molecule has 1 rings (SSSR count). The van der Waals surface area contributed by atoms with E-state index >= 15 is 0 Å². The Balaban J connectivity index is 3.05. The number of guanidine groups is 1. The molecule has 14 heteroatoms. The number of hydrogen-bond acceptors (Lipinski definition) is 7. The molecule has 1 aromatic rings. The molecule has 1 aromatic carbocycles. The summed E-state index contributed by atoms with van der Waals surface area (Å²) >= 11 is 0. The van der Waals surface area contributed by atoms with E-state index in [1.54, 1.807) is 30.3 Å². The number of aliphatic imine (C=N–C) groups is 1. The van der Waals surface area contributed by atoms with Crippen molar-refractivity contribution in [2.24, 2.45) is 28.1 Å². The molecule has 4 unspecified atom stereocenters. The van der Waals surface area contributed by atoms with Gasteiger partial charge in [-0.15, -0.1) is 0 Å². The third-order valence-electron chi connectivity index (χ3n) is 5.82. The van der Waals surface area contributed by atoms with E-state index in [0.29, 0.717) is 6.42 Å². The summed E-state index contributed by atoms with van der Waals surface area (Å²) in [6, 6.07) is 4.29. The van der Waals surface area contributed by atoms with Crippen LogP contribution < -0.4 is 33.2 Å². The molecule has 4 atom stereocenters. The second-order valence-corrected chi connectivity index (χ2v) is 9.83. The number of nitrogens with two attached hydrogens (primary N) is 3. The van der Waals surface area contributed by atoms with Gasteiger partial charge in [0.1, 0.15) is 18.1 Å². The number of carbonyl (C=O) groups is 5. The monoisotopic (exact) mass is 563 g/mol. The van der Waals surface area contributed by atoms with Crippen LogP contribution in [-0.4, -0.2) is 76.5 Å². The Morgan fingerprint density at radius 2 is 1.43 bits per heavy atom. The van der Waals surface area contributed by atoms with Crippen molar-refractivity contribution in [2.75, 3.05) is 6.54 Å². The smallest absolute Gasteiger partial charge is 0.326 e. The summed E-state index contributed by atoms with van der Waals surface area (Å²) in [6.07, 6.45) is 0.173. The predicted molar refractivity (Wildman–Crippen MR) is 148 cm³/mol. The van der Waals surface area contributed by atoms with E-state index in [-0.39, 0.29) is 44.1 Å². The molecule has 0 fully saturated rings. The highest BCUT2D eigenvalue weighted by molar-refractivity contribution is 5.94. The number of carboxylic acid groups (broad SMARTS) is 2. The predicted octanol–water partition coefficient (Wildman–Crippen LogP) is -0.940. The second-order valence-electron chi connectivity index (χ2n) is 9.83. The lowest BCUT2D eigenvalue weighted by atomic mass is 10.00. The molecule has 14 nitrogen and oxygen atoms in total. The van der Waals surface area contributed by atoms with Crippen LogP contribution in [-0.2, 0) is 30.4 Å². The van der Waals surface area contributed by atoms with Crippen LogP contribution in [0.15, 0.2) is 35.3 Å².